The van der Waals surface area contributed by atoms with Crippen LogP contribution in [-0.2, 0) is 5.41 Å². The fourth-order valence-corrected chi connectivity index (χ4v) is 3.40. The third-order valence-electron chi connectivity index (χ3n) is 3.04. The molecule has 0 atom stereocenters. The normalized spacial score (nSPS) is 11.8. The first kappa shape index (κ1) is 14.5. The SMILES string of the molecule is CC(C)(C)c1cc(C#N)c(C#N)c([Si](C)(C)C)c1. The van der Waals surface area contributed by atoms with Gasteiger partial charge in [-0.1, -0.05) is 46.5 Å². The lowest BCUT2D eigenvalue weighted by Crippen LogP contribution is -2.41. The van der Waals surface area contributed by atoms with E-state index in [0.717, 1.165) is 10.8 Å². The Hall–Kier alpha value is -1.58. The van der Waals surface area contributed by atoms with Crippen LogP contribution in [-0.4, -0.2) is 8.07 Å². The zero-order valence-corrected chi connectivity index (χ0v) is 13.0. The van der Waals surface area contributed by atoms with Crippen LogP contribution in [0.5, 0.6) is 0 Å². The molecule has 0 saturated carbocycles. The van der Waals surface area contributed by atoms with Gasteiger partial charge in [0.25, 0.3) is 0 Å². The minimum Gasteiger partial charge on any atom is -0.192 e. The largest absolute Gasteiger partial charge is 0.192 e. The molecule has 0 radical (unpaired) electrons. The van der Waals surface area contributed by atoms with Gasteiger partial charge in [-0.25, -0.2) is 0 Å². The van der Waals surface area contributed by atoms with Crippen LogP contribution in [0.2, 0.25) is 19.6 Å². The van der Waals surface area contributed by atoms with Crippen LogP contribution in [0, 0.1) is 22.7 Å². The molecule has 0 aliphatic rings. The smallest absolute Gasteiger partial charge is 0.101 e. The van der Waals surface area contributed by atoms with E-state index in [4.69, 9.17) is 0 Å². The number of nitriles is 2. The second-order valence-electron chi connectivity index (χ2n) is 6.67. The molecule has 1 rings (SSSR count). The molecule has 0 bridgehead atoms. The first-order chi connectivity index (χ1) is 8.11. The van der Waals surface area contributed by atoms with Crippen LogP contribution >= 0.6 is 0 Å². The van der Waals surface area contributed by atoms with E-state index in [1.54, 1.807) is 0 Å². The maximum Gasteiger partial charge on any atom is 0.101 e. The van der Waals surface area contributed by atoms with Crippen LogP contribution in [0.25, 0.3) is 0 Å². The van der Waals surface area contributed by atoms with Crippen molar-refractivity contribution in [1.82, 2.24) is 0 Å². The molecule has 0 unspecified atom stereocenters. The highest BCUT2D eigenvalue weighted by Gasteiger charge is 2.26. The van der Waals surface area contributed by atoms with E-state index in [2.05, 4.69) is 58.6 Å². The van der Waals surface area contributed by atoms with Gasteiger partial charge in [-0.3, -0.25) is 0 Å². The van der Waals surface area contributed by atoms with Crippen molar-refractivity contribution in [2.45, 2.75) is 45.8 Å². The summed E-state index contributed by atoms with van der Waals surface area (Å²) in [5.41, 5.74) is 2.22. The zero-order chi connectivity index (χ0) is 14.1. The summed E-state index contributed by atoms with van der Waals surface area (Å²) < 4.78 is 0. The van der Waals surface area contributed by atoms with Crippen molar-refractivity contribution >= 4 is 13.3 Å². The second-order valence-corrected chi connectivity index (χ2v) is 11.7. The summed E-state index contributed by atoms with van der Waals surface area (Å²) >= 11 is 0. The van der Waals surface area contributed by atoms with E-state index >= 15 is 0 Å². The number of hydrogen-bond acceptors (Lipinski definition) is 2. The molecule has 0 fully saturated rings. The molecular weight excluding hydrogens is 236 g/mol. The minimum atomic E-state index is -1.63. The molecule has 2 nitrogen and oxygen atoms in total. The monoisotopic (exact) mass is 256 g/mol. The Morgan fingerprint density at radius 1 is 1.00 bits per heavy atom. The van der Waals surface area contributed by atoms with Crippen molar-refractivity contribution in [3.8, 4) is 12.1 Å². The Balaban J connectivity index is 3.71. The average Bonchev–Trinajstić information content (AvgIpc) is 2.24. The lowest BCUT2D eigenvalue weighted by molar-refractivity contribution is 0.590. The Kier molecular flexibility index (Phi) is 3.69. The summed E-state index contributed by atoms with van der Waals surface area (Å²) in [5, 5.41) is 19.6. The number of hydrogen-bond donors (Lipinski definition) is 0. The van der Waals surface area contributed by atoms with Gasteiger partial charge in [-0.15, -0.1) is 0 Å². The van der Waals surface area contributed by atoms with Gasteiger partial charge in [0.2, 0.25) is 0 Å². The van der Waals surface area contributed by atoms with Crippen molar-refractivity contribution in [1.29, 1.82) is 10.5 Å². The van der Waals surface area contributed by atoms with Gasteiger partial charge >= 0.3 is 0 Å². The topological polar surface area (TPSA) is 47.6 Å². The molecule has 1 aromatic carbocycles. The van der Waals surface area contributed by atoms with Crippen molar-refractivity contribution in [2.24, 2.45) is 0 Å². The van der Waals surface area contributed by atoms with Gasteiger partial charge in [0.1, 0.15) is 12.1 Å². The van der Waals surface area contributed by atoms with Gasteiger partial charge < -0.3 is 0 Å². The van der Waals surface area contributed by atoms with Gasteiger partial charge in [0.15, 0.2) is 0 Å². The standard InChI is InChI=1S/C15H20N2Si/c1-15(2,3)12-7-11(9-16)13(10-17)14(8-12)18(4,5)6/h7-8H,1-6H3. The number of nitrogens with zero attached hydrogens (tertiary/aromatic N) is 2. The molecule has 18 heavy (non-hydrogen) atoms. The van der Waals surface area contributed by atoms with Crippen molar-refractivity contribution in [3.05, 3.63) is 28.8 Å². The lowest BCUT2D eigenvalue weighted by Gasteiger charge is -2.25. The molecule has 0 spiro atoms. The van der Waals surface area contributed by atoms with Crippen molar-refractivity contribution in [2.75, 3.05) is 0 Å². The molecule has 0 amide bonds. The lowest BCUT2D eigenvalue weighted by atomic mass is 9.85. The summed E-state index contributed by atoms with van der Waals surface area (Å²) in [7, 11) is -1.63. The molecule has 0 saturated heterocycles. The van der Waals surface area contributed by atoms with E-state index in [-0.39, 0.29) is 5.41 Å². The van der Waals surface area contributed by atoms with Gasteiger partial charge in [0.05, 0.1) is 19.2 Å². The fourth-order valence-electron chi connectivity index (χ4n) is 1.88. The van der Waals surface area contributed by atoms with Crippen molar-refractivity contribution in [3.63, 3.8) is 0 Å². The molecule has 0 aliphatic carbocycles. The predicted octanol–water partition coefficient (Wildman–Crippen LogP) is 3.27. The van der Waals surface area contributed by atoms with Gasteiger partial charge in [-0.05, 0) is 22.2 Å². The number of rotatable bonds is 1. The maximum atomic E-state index is 9.31. The summed E-state index contributed by atoms with van der Waals surface area (Å²) in [5.74, 6) is 0. The third kappa shape index (κ3) is 2.81. The molecule has 3 heteroatoms. The van der Waals surface area contributed by atoms with E-state index in [1.165, 1.54) is 0 Å². The van der Waals surface area contributed by atoms with Crippen LogP contribution in [0.1, 0.15) is 37.5 Å². The summed E-state index contributed by atoms with van der Waals surface area (Å²) in [6.07, 6.45) is 0. The Morgan fingerprint density at radius 2 is 1.56 bits per heavy atom. The van der Waals surface area contributed by atoms with Crippen LogP contribution in [0.15, 0.2) is 12.1 Å². The minimum absolute atomic E-state index is 0.00597. The summed E-state index contributed by atoms with van der Waals surface area (Å²) in [4.78, 5) is 0. The number of benzene rings is 1. The summed E-state index contributed by atoms with van der Waals surface area (Å²) in [6, 6.07) is 8.38. The van der Waals surface area contributed by atoms with Crippen LogP contribution < -0.4 is 5.19 Å². The highest BCUT2D eigenvalue weighted by Crippen LogP contribution is 2.25. The third-order valence-corrected chi connectivity index (χ3v) is 5.06. The van der Waals surface area contributed by atoms with E-state index in [0.29, 0.717) is 11.1 Å². The highest BCUT2D eigenvalue weighted by molar-refractivity contribution is 6.89. The van der Waals surface area contributed by atoms with Gasteiger partial charge in [-0.2, -0.15) is 10.5 Å². The Bertz CT molecular complexity index is 546. The fraction of sp³-hybridized carbons (Fsp3) is 0.467. The molecule has 0 N–H and O–H groups in total. The molecule has 0 aromatic heterocycles. The van der Waals surface area contributed by atoms with Crippen LogP contribution in [0.3, 0.4) is 0 Å². The summed E-state index contributed by atoms with van der Waals surface area (Å²) in [6.45, 7) is 13.0. The van der Waals surface area contributed by atoms with E-state index in [1.807, 2.05) is 6.07 Å². The average molecular weight is 256 g/mol. The Morgan fingerprint density at radius 3 is 1.89 bits per heavy atom. The zero-order valence-electron chi connectivity index (χ0n) is 12.0. The predicted molar refractivity (Wildman–Crippen MR) is 77.6 cm³/mol. The molecule has 0 heterocycles. The second kappa shape index (κ2) is 4.59. The maximum absolute atomic E-state index is 9.31. The highest BCUT2D eigenvalue weighted by atomic mass is 28.3. The quantitative estimate of drug-likeness (QED) is 0.724. The first-order valence-electron chi connectivity index (χ1n) is 6.10. The van der Waals surface area contributed by atoms with Crippen LogP contribution in [0.4, 0.5) is 0 Å². The first-order valence-corrected chi connectivity index (χ1v) is 9.60. The Labute approximate surface area is 111 Å². The van der Waals surface area contributed by atoms with E-state index in [9.17, 15) is 10.5 Å². The molecular formula is C15H20N2Si. The van der Waals surface area contributed by atoms with E-state index < -0.39 is 8.07 Å². The molecule has 1 aromatic rings. The molecule has 94 valence electrons. The van der Waals surface area contributed by atoms with Crippen molar-refractivity contribution < 1.29 is 0 Å². The van der Waals surface area contributed by atoms with Gasteiger partial charge in [0, 0.05) is 0 Å². The molecule has 0 aliphatic heterocycles.